The Morgan fingerprint density at radius 1 is 1.13 bits per heavy atom. The molecule has 5 aromatic rings. The van der Waals surface area contributed by atoms with E-state index < -0.39 is 0 Å². The van der Waals surface area contributed by atoms with Crippen LogP contribution in [-0.2, 0) is 6.54 Å². The van der Waals surface area contributed by atoms with Crippen molar-refractivity contribution in [1.82, 2.24) is 29.5 Å². The third-order valence-electron chi connectivity index (χ3n) is 5.29. The SMILES string of the molecule is Cc1cc(C)n(Cc2c(-c3cc(=O)n4[nH]cc(-c5ccc(F)cc5)c4n3)noc2C)n1. The topological polar surface area (TPSA) is 94.0 Å². The van der Waals surface area contributed by atoms with Crippen LogP contribution in [0.15, 0.2) is 51.9 Å². The van der Waals surface area contributed by atoms with Gasteiger partial charge in [0, 0.05) is 29.1 Å². The summed E-state index contributed by atoms with van der Waals surface area (Å²) in [4.78, 5) is 17.5. The molecule has 156 valence electrons. The van der Waals surface area contributed by atoms with Gasteiger partial charge in [0.15, 0.2) is 5.65 Å². The normalized spacial score (nSPS) is 11.5. The fourth-order valence-electron chi connectivity index (χ4n) is 3.71. The van der Waals surface area contributed by atoms with Crippen LogP contribution in [0.5, 0.6) is 0 Å². The molecular weight excluding hydrogens is 399 g/mol. The molecule has 9 heteroatoms. The average Bonchev–Trinajstić information content (AvgIpc) is 3.41. The molecule has 0 fully saturated rings. The number of nitrogens with one attached hydrogen (secondary N) is 1. The highest BCUT2D eigenvalue weighted by molar-refractivity contribution is 5.78. The van der Waals surface area contributed by atoms with Crippen molar-refractivity contribution in [1.29, 1.82) is 0 Å². The van der Waals surface area contributed by atoms with E-state index in [4.69, 9.17) is 9.51 Å². The summed E-state index contributed by atoms with van der Waals surface area (Å²) in [6, 6.07) is 9.44. The van der Waals surface area contributed by atoms with Crippen molar-refractivity contribution < 1.29 is 8.91 Å². The molecule has 1 aromatic carbocycles. The number of aryl methyl sites for hydroxylation is 3. The largest absolute Gasteiger partial charge is 0.361 e. The molecule has 31 heavy (non-hydrogen) atoms. The first-order valence-electron chi connectivity index (χ1n) is 9.74. The summed E-state index contributed by atoms with van der Waals surface area (Å²) in [5, 5.41) is 11.6. The summed E-state index contributed by atoms with van der Waals surface area (Å²) in [5.41, 5.74) is 5.19. The Hall–Kier alpha value is -4.01. The number of aromatic nitrogens is 6. The van der Waals surface area contributed by atoms with E-state index in [0.717, 1.165) is 22.5 Å². The monoisotopic (exact) mass is 418 g/mol. The Morgan fingerprint density at radius 2 is 1.90 bits per heavy atom. The minimum Gasteiger partial charge on any atom is -0.361 e. The Kier molecular flexibility index (Phi) is 4.32. The molecule has 0 aliphatic heterocycles. The molecular formula is C22H19FN6O2. The third-order valence-corrected chi connectivity index (χ3v) is 5.29. The van der Waals surface area contributed by atoms with E-state index in [9.17, 15) is 9.18 Å². The van der Waals surface area contributed by atoms with Gasteiger partial charge >= 0.3 is 0 Å². The summed E-state index contributed by atoms with van der Waals surface area (Å²) in [7, 11) is 0. The Labute approximate surface area is 175 Å². The maximum absolute atomic E-state index is 13.3. The minimum atomic E-state index is -0.332. The number of aromatic amines is 1. The van der Waals surface area contributed by atoms with Crippen LogP contribution in [0.25, 0.3) is 28.2 Å². The maximum Gasteiger partial charge on any atom is 0.273 e. The van der Waals surface area contributed by atoms with Crippen molar-refractivity contribution in [3.63, 3.8) is 0 Å². The second kappa shape index (κ2) is 7.05. The smallest absolute Gasteiger partial charge is 0.273 e. The van der Waals surface area contributed by atoms with E-state index in [-0.39, 0.29) is 11.4 Å². The highest BCUT2D eigenvalue weighted by Crippen LogP contribution is 2.27. The van der Waals surface area contributed by atoms with Crippen LogP contribution in [0, 0.1) is 26.6 Å². The van der Waals surface area contributed by atoms with Gasteiger partial charge in [-0.1, -0.05) is 17.3 Å². The average molecular weight is 418 g/mol. The Bertz CT molecular complexity index is 1470. The second-order valence-electron chi connectivity index (χ2n) is 7.48. The summed E-state index contributed by atoms with van der Waals surface area (Å²) >= 11 is 0. The molecule has 0 amide bonds. The van der Waals surface area contributed by atoms with Gasteiger partial charge in [-0.3, -0.25) is 14.6 Å². The van der Waals surface area contributed by atoms with Gasteiger partial charge in [-0.25, -0.2) is 13.9 Å². The van der Waals surface area contributed by atoms with Crippen molar-refractivity contribution in [2.45, 2.75) is 27.3 Å². The van der Waals surface area contributed by atoms with Crippen LogP contribution >= 0.6 is 0 Å². The predicted molar refractivity (Wildman–Crippen MR) is 112 cm³/mol. The fraction of sp³-hybridized carbons (Fsp3) is 0.182. The van der Waals surface area contributed by atoms with E-state index in [2.05, 4.69) is 15.4 Å². The number of hydrogen-bond donors (Lipinski definition) is 1. The molecule has 0 atom stereocenters. The van der Waals surface area contributed by atoms with Gasteiger partial charge in [-0.15, -0.1) is 0 Å². The van der Waals surface area contributed by atoms with Crippen molar-refractivity contribution in [2.24, 2.45) is 0 Å². The molecule has 0 unspecified atom stereocenters. The summed E-state index contributed by atoms with van der Waals surface area (Å²) in [6.07, 6.45) is 1.67. The number of H-pyrrole nitrogens is 1. The molecule has 8 nitrogen and oxygen atoms in total. The van der Waals surface area contributed by atoms with Gasteiger partial charge in [0.1, 0.15) is 23.0 Å². The molecule has 0 saturated carbocycles. The molecule has 0 bridgehead atoms. The van der Waals surface area contributed by atoms with E-state index in [1.807, 2.05) is 31.5 Å². The van der Waals surface area contributed by atoms with Gasteiger partial charge in [0.25, 0.3) is 5.56 Å². The van der Waals surface area contributed by atoms with Crippen LogP contribution in [0.2, 0.25) is 0 Å². The van der Waals surface area contributed by atoms with Crippen LogP contribution in [0.3, 0.4) is 0 Å². The highest BCUT2D eigenvalue weighted by Gasteiger charge is 2.20. The molecule has 0 radical (unpaired) electrons. The van der Waals surface area contributed by atoms with E-state index in [1.54, 1.807) is 18.3 Å². The van der Waals surface area contributed by atoms with Gasteiger partial charge in [0.2, 0.25) is 0 Å². The zero-order valence-corrected chi connectivity index (χ0v) is 17.2. The molecule has 0 saturated heterocycles. The van der Waals surface area contributed by atoms with Gasteiger partial charge < -0.3 is 4.52 Å². The zero-order valence-electron chi connectivity index (χ0n) is 17.2. The molecule has 4 heterocycles. The standard InChI is InChI=1S/C22H19FN6O2/c1-12-8-13(2)28(26-12)11-18-14(3)31-27-21(18)19-9-20(30)29-22(25-19)17(10-24-29)15-4-6-16(23)7-5-15/h4-10,24H,11H2,1-3H3. The minimum absolute atomic E-state index is 0.286. The highest BCUT2D eigenvalue weighted by atomic mass is 19.1. The molecule has 0 aliphatic rings. The fourth-order valence-corrected chi connectivity index (χ4v) is 3.71. The lowest BCUT2D eigenvalue weighted by atomic mass is 10.1. The van der Waals surface area contributed by atoms with Crippen LogP contribution < -0.4 is 5.56 Å². The second-order valence-corrected chi connectivity index (χ2v) is 7.48. The number of halogens is 1. The molecule has 0 spiro atoms. The van der Waals surface area contributed by atoms with E-state index in [1.165, 1.54) is 22.7 Å². The third kappa shape index (κ3) is 3.24. The van der Waals surface area contributed by atoms with Crippen molar-refractivity contribution in [3.05, 3.63) is 81.5 Å². The number of nitrogens with zero attached hydrogens (tertiary/aromatic N) is 5. The zero-order chi connectivity index (χ0) is 21.7. The molecule has 1 N–H and O–H groups in total. The summed E-state index contributed by atoms with van der Waals surface area (Å²) in [5.74, 6) is 0.304. The van der Waals surface area contributed by atoms with Crippen LogP contribution in [-0.4, -0.2) is 29.5 Å². The van der Waals surface area contributed by atoms with Crippen LogP contribution in [0.1, 0.15) is 22.7 Å². The maximum atomic E-state index is 13.3. The first kappa shape index (κ1) is 19.0. The quantitative estimate of drug-likeness (QED) is 0.481. The number of rotatable bonds is 4. The summed E-state index contributed by atoms with van der Waals surface area (Å²) in [6.45, 7) is 6.19. The molecule has 0 aliphatic carbocycles. The lowest BCUT2D eigenvalue weighted by molar-refractivity contribution is 0.397. The number of fused-ring (bicyclic) bond motifs is 1. The first-order valence-corrected chi connectivity index (χ1v) is 9.74. The van der Waals surface area contributed by atoms with E-state index in [0.29, 0.717) is 34.9 Å². The molecule has 4 aromatic heterocycles. The Morgan fingerprint density at radius 3 is 2.61 bits per heavy atom. The van der Waals surface area contributed by atoms with Gasteiger partial charge in [-0.05, 0) is 44.5 Å². The van der Waals surface area contributed by atoms with Crippen LogP contribution in [0.4, 0.5) is 4.39 Å². The Balaban J connectivity index is 1.65. The van der Waals surface area contributed by atoms with Crippen molar-refractivity contribution in [3.8, 4) is 22.5 Å². The predicted octanol–water partition coefficient (Wildman–Crippen LogP) is 3.65. The number of benzene rings is 1. The van der Waals surface area contributed by atoms with Crippen molar-refractivity contribution in [2.75, 3.05) is 0 Å². The van der Waals surface area contributed by atoms with Gasteiger partial charge in [-0.2, -0.15) is 5.10 Å². The van der Waals surface area contributed by atoms with Gasteiger partial charge in [0.05, 0.1) is 12.2 Å². The summed E-state index contributed by atoms with van der Waals surface area (Å²) < 4.78 is 22.0. The molecule has 5 rings (SSSR count). The lowest BCUT2D eigenvalue weighted by Crippen LogP contribution is -2.15. The van der Waals surface area contributed by atoms with Crippen molar-refractivity contribution >= 4 is 5.65 Å². The number of hydrogen-bond acceptors (Lipinski definition) is 5. The first-order chi connectivity index (χ1) is 14.9. The lowest BCUT2D eigenvalue weighted by Gasteiger charge is -2.06. The van der Waals surface area contributed by atoms with E-state index >= 15 is 0 Å².